The molecule has 0 radical (unpaired) electrons. The Labute approximate surface area is 133 Å². The van der Waals surface area contributed by atoms with Crippen LogP contribution >= 0.6 is 0 Å². The van der Waals surface area contributed by atoms with E-state index in [1.807, 2.05) is 32.0 Å². The van der Waals surface area contributed by atoms with Gasteiger partial charge in [-0.3, -0.25) is 4.79 Å². The van der Waals surface area contributed by atoms with E-state index in [1.54, 1.807) is 18.2 Å². The second kappa shape index (κ2) is 5.48. The summed E-state index contributed by atoms with van der Waals surface area (Å²) in [5.41, 5.74) is 3.96. The molecule has 1 heterocycles. The van der Waals surface area contributed by atoms with Gasteiger partial charge in [-0.05, 0) is 49.2 Å². The molecular weight excluding hydrogens is 286 g/mol. The molecule has 23 heavy (non-hydrogen) atoms. The normalized spacial score (nSPS) is 10.3. The lowest BCUT2D eigenvalue weighted by atomic mass is 10.0. The number of aryl methyl sites for hydroxylation is 2. The first kappa shape index (κ1) is 14.6. The minimum atomic E-state index is -0.0923. The van der Waals surface area contributed by atoms with E-state index >= 15 is 0 Å². The molecule has 0 saturated carbocycles. The maximum Gasteiger partial charge on any atom is 0.193 e. The Morgan fingerprint density at radius 2 is 1.87 bits per heavy atom. The summed E-state index contributed by atoms with van der Waals surface area (Å²) < 4.78 is 5.91. The van der Waals surface area contributed by atoms with Gasteiger partial charge in [0.15, 0.2) is 5.43 Å². The third kappa shape index (κ3) is 2.50. The van der Waals surface area contributed by atoms with E-state index in [9.17, 15) is 4.79 Å². The van der Waals surface area contributed by atoms with Crippen molar-refractivity contribution in [3.05, 3.63) is 68.9 Å². The molecule has 0 aliphatic carbocycles. The van der Waals surface area contributed by atoms with E-state index in [1.165, 1.54) is 6.07 Å². The highest BCUT2D eigenvalue weighted by Crippen LogP contribution is 2.26. The second-order valence-corrected chi connectivity index (χ2v) is 5.45. The molecule has 3 nitrogen and oxygen atoms in total. The second-order valence-electron chi connectivity index (χ2n) is 5.45. The van der Waals surface area contributed by atoms with Crippen LogP contribution in [0.1, 0.15) is 22.3 Å². The number of nitrogens with zero attached hydrogens (tertiary/aromatic N) is 1. The molecule has 0 fully saturated rings. The average Bonchev–Trinajstić information content (AvgIpc) is 2.52. The van der Waals surface area contributed by atoms with Crippen LogP contribution in [0, 0.1) is 37.5 Å². The van der Waals surface area contributed by atoms with Crippen molar-refractivity contribution in [2.45, 2.75) is 13.8 Å². The number of nitriles is 1. The SMILES string of the molecule is C#Cc1cc(-c2cc(=O)c3c(C)cc(C)cc3o2)ccc1C#N. The molecule has 1 aromatic heterocycles. The van der Waals surface area contributed by atoms with E-state index < -0.39 is 0 Å². The number of hydrogen-bond acceptors (Lipinski definition) is 3. The quantitative estimate of drug-likeness (QED) is 0.640. The molecule has 0 saturated heterocycles. The third-order valence-electron chi connectivity index (χ3n) is 3.75. The maximum atomic E-state index is 12.4. The predicted octanol–water partition coefficient (Wildman–Crippen LogP) is 3.93. The van der Waals surface area contributed by atoms with E-state index in [-0.39, 0.29) is 5.43 Å². The van der Waals surface area contributed by atoms with Crippen LogP contribution in [-0.4, -0.2) is 0 Å². The largest absolute Gasteiger partial charge is 0.456 e. The van der Waals surface area contributed by atoms with Gasteiger partial charge in [-0.2, -0.15) is 5.26 Å². The number of rotatable bonds is 1. The molecule has 0 amide bonds. The van der Waals surface area contributed by atoms with Gasteiger partial charge in [0.05, 0.1) is 10.9 Å². The molecule has 0 unspecified atom stereocenters. The zero-order valence-corrected chi connectivity index (χ0v) is 12.8. The first-order valence-electron chi connectivity index (χ1n) is 7.09. The molecular formula is C20H13NO2. The fourth-order valence-corrected chi connectivity index (χ4v) is 2.72. The molecule has 2 aromatic carbocycles. The number of terminal acetylenes is 1. The maximum absolute atomic E-state index is 12.4. The van der Waals surface area contributed by atoms with Gasteiger partial charge in [-0.1, -0.05) is 12.0 Å². The lowest BCUT2D eigenvalue weighted by Gasteiger charge is -2.07. The van der Waals surface area contributed by atoms with Crippen LogP contribution in [0.5, 0.6) is 0 Å². The first-order chi connectivity index (χ1) is 11.0. The van der Waals surface area contributed by atoms with Crippen LogP contribution in [0.4, 0.5) is 0 Å². The topological polar surface area (TPSA) is 54.0 Å². The van der Waals surface area contributed by atoms with Gasteiger partial charge < -0.3 is 4.42 Å². The smallest absolute Gasteiger partial charge is 0.193 e. The van der Waals surface area contributed by atoms with E-state index in [4.69, 9.17) is 16.1 Å². The van der Waals surface area contributed by atoms with Crippen molar-refractivity contribution < 1.29 is 4.42 Å². The molecule has 0 aliphatic heterocycles. The molecule has 0 aliphatic rings. The summed E-state index contributed by atoms with van der Waals surface area (Å²) in [6.07, 6.45) is 5.44. The highest BCUT2D eigenvalue weighted by molar-refractivity contribution is 5.82. The predicted molar refractivity (Wildman–Crippen MR) is 90.0 cm³/mol. The standard InChI is InChI=1S/C20H13NO2/c1-4-14-9-15(5-6-16(14)11-21)18-10-17(22)20-13(3)7-12(2)8-19(20)23-18/h1,5-10H,2-3H3. The lowest BCUT2D eigenvalue weighted by Crippen LogP contribution is -2.03. The van der Waals surface area contributed by atoms with E-state index in [2.05, 4.69) is 5.92 Å². The Kier molecular flexibility index (Phi) is 3.48. The molecule has 0 atom stereocenters. The van der Waals surface area contributed by atoms with Crippen molar-refractivity contribution in [1.82, 2.24) is 0 Å². The van der Waals surface area contributed by atoms with Crippen LogP contribution in [-0.2, 0) is 0 Å². The lowest BCUT2D eigenvalue weighted by molar-refractivity contribution is 0.618. The van der Waals surface area contributed by atoms with Crippen molar-refractivity contribution in [3.8, 4) is 29.7 Å². The number of fused-ring (bicyclic) bond motifs is 1. The Bertz CT molecular complexity index is 1080. The number of benzene rings is 2. The van der Waals surface area contributed by atoms with Crippen molar-refractivity contribution in [2.24, 2.45) is 0 Å². The van der Waals surface area contributed by atoms with Crippen LogP contribution < -0.4 is 5.43 Å². The van der Waals surface area contributed by atoms with E-state index in [0.29, 0.717) is 33.4 Å². The molecule has 3 heteroatoms. The molecule has 0 bridgehead atoms. The van der Waals surface area contributed by atoms with Gasteiger partial charge in [0, 0.05) is 17.2 Å². The number of hydrogen-bond donors (Lipinski definition) is 0. The molecule has 3 aromatic rings. The zero-order chi connectivity index (χ0) is 16.6. The summed E-state index contributed by atoms with van der Waals surface area (Å²) >= 11 is 0. The van der Waals surface area contributed by atoms with Crippen molar-refractivity contribution in [3.63, 3.8) is 0 Å². The van der Waals surface area contributed by atoms with Gasteiger partial charge in [-0.25, -0.2) is 0 Å². The average molecular weight is 299 g/mol. The summed E-state index contributed by atoms with van der Waals surface area (Å²) in [7, 11) is 0. The third-order valence-corrected chi connectivity index (χ3v) is 3.75. The summed E-state index contributed by atoms with van der Waals surface area (Å²) in [6.45, 7) is 3.85. The van der Waals surface area contributed by atoms with Gasteiger partial charge in [0.25, 0.3) is 0 Å². The summed E-state index contributed by atoms with van der Waals surface area (Å²) in [6, 6.07) is 12.4. The summed E-state index contributed by atoms with van der Waals surface area (Å²) in [5.74, 6) is 2.92. The monoisotopic (exact) mass is 299 g/mol. The van der Waals surface area contributed by atoms with Gasteiger partial charge in [0.2, 0.25) is 0 Å². The van der Waals surface area contributed by atoms with Gasteiger partial charge in [-0.15, -0.1) is 6.42 Å². The van der Waals surface area contributed by atoms with Crippen LogP contribution in [0.15, 0.2) is 45.6 Å². The minimum Gasteiger partial charge on any atom is -0.456 e. The molecule has 0 N–H and O–H groups in total. The Morgan fingerprint density at radius 3 is 2.57 bits per heavy atom. The highest BCUT2D eigenvalue weighted by atomic mass is 16.3. The van der Waals surface area contributed by atoms with Crippen molar-refractivity contribution >= 4 is 11.0 Å². The summed E-state index contributed by atoms with van der Waals surface area (Å²) in [5, 5.41) is 9.63. The van der Waals surface area contributed by atoms with Crippen molar-refractivity contribution in [2.75, 3.05) is 0 Å². The Morgan fingerprint density at radius 1 is 1.09 bits per heavy atom. The molecule has 3 rings (SSSR count). The molecule has 0 spiro atoms. The van der Waals surface area contributed by atoms with Gasteiger partial charge in [0.1, 0.15) is 17.4 Å². The molecule has 110 valence electrons. The highest BCUT2D eigenvalue weighted by Gasteiger charge is 2.11. The van der Waals surface area contributed by atoms with Crippen LogP contribution in [0.25, 0.3) is 22.3 Å². The first-order valence-corrected chi connectivity index (χ1v) is 7.09. The zero-order valence-electron chi connectivity index (χ0n) is 12.8. The van der Waals surface area contributed by atoms with Crippen molar-refractivity contribution in [1.29, 1.82) is 5.26 Å². The van der Waals surface area contributed by atoms with Crippen LogP contribution in [0.3, 0.4) is 0 Å². The van der Waals surface area contributed by atoms with Crippen LogP contribution in [0.2, 0.25) is 0 Å². The Hall–Kier alpha value is -3.30. The van der Waals surface area contributed by atoms with Gasteiger partial charge >= 0.3 is 0 Å². The summed E-state index contributed by atoms with van der Waals surface area (Å²) in [4.78, 5) is 12.4. The fourth-order valence-electron chi connectivity index (χ4n) is 2.72. The fraction of sp³-hybridized carbons (Fsp3) is 0.100. The minimum absolute atomic E-state index is 0.0923. The Balaban J connectivity index is 2.28. The van der Waals surface area contributed by atoms with E-state index in [0.717, 1.165) is 11.1 Å².